The van der Waals surface area contributed by atoms with Crippen molar-refractivity contribution in [2.24, 2.45) is 0 Å². The molecule has 23 heavy (non-hydrogen) atoms. The first-order valence-electron chi connectivity index (χ1n) is 6.93. The molecule has 0 spiro atoms. The van der Waals surface area contributed by atoms with Crippen LogP contribution in [0.1, 0.15) is 5.56 Å². The average molecular weight is 329 g/mol. The Balaban J connectivity index is 1.96. The van der Waals surface area contributed by atoms with Gasteiger partial charge in [0.05, 0.1) is 18.3 Å². The van der Waals surface area contributed by atoms with E-state index in [1.165, 1.54) is 6.33 Å². The smallest absolute Gasteiger partial charge is 0.201 e. The van der Waals surface area contributed by atoms with Crippen LogP contribution in [-0.4, -0.2) is 25.5 Å². The SMILES string of the molecule is COc1ccc2c(-c3ccc(CN[SH](=O)=O)cc3)ncnc2c1. The maximum absolute atomic E-state index is 10.6. The van der Waals surface area contributed by atoms with Crippen LogP contribution in [0, 0.1) is 0 Å². The number of nitrogens with zero attached hydrogens (tertiary/aromatic N) is 2. The molecule has 2 aromatic carbocycles. The minimum absolute atomic E-state index is 0.278. The molecule has 0 aliphatic rings. The molecule has 3 aromatic rings. The first kappa shape index (κ1) is 15.4. The standard InChI is InChI=1S/C16H15N3O3S/c1-22-13-6-7-14-15(8-13)17-10-18-16(14)12-4-2-11(3-5-12)9-19-23(20)21/h2-8,10,23H,9H2,1H3,(H,19,20,21). The molecular formula is C16H15N3O3S. The largest absolute Gasteiger partial charge is 0.497 e. The first-order valence-corrected chi connectivity index (χ1v) is 8.11. The zero-order valence-electron chi connectivity index (χ0n) is 12.4. The van der Waals surface area contributed by atoms with Crippen LogP contribution in [0.3, 0.4) is 0 Å². The molecule has 118 valence electrons. The number of aromatic nitrogens is 2. The van der Waals surface area contributed by atoms with E-state index in [0.29, 0.717) is 0 Å². The molecule has 3 rings (SSSR count). The highest BCUT2D eigenvalue weighted by Gasteiger charge is 2.07. The number of fused-ring (bicyclic) bond motifs is 1. The van der Waals surface area contributed by atoms with E-state index in [1.807, 2.05) is 42.5 Å². The van der Waals surface area contributed by atoms with Crippen molar-refractivity contribution in [2.75, 3.05) is 7.11 Å². The minimum Gasteiger partial charge on any atom is -0.497 e. The molecule has 0 aliphatic heterocycles. The maximum atomic E-state index is 10.6. The van der Waals surface area contributed by atoms with Gasteiger partial charge in [0.25, 0.3) is 0 Å². The van der Waals surface area contributed by atoms with Gasteiger partial charge in [-0.2, -0.15) is 0 Å². The van der Waals surface area contributed by atoms with Crippen molar-refractivity contribution in [3.8, 4) is 17.0 Å². The predicted molar refractivity (Wildman–Crippen MR) is 88.7 cm³/mol. The number of ether oxygens (including phenoxy) is 1. The molecule has 0 bridgehead atoms. The summed E-state index contributed by atoms with van der Waals surface area (Å²) in [5.74, 6) is 0.746. The molecule has 0 atom stereocenters. The second-order valence-corrected chi connectivity index (χ2v) is 5.72. The highest BCUT2D eigenvalue weighted by molar-refractivity contribution is 7.70. The van der Waals surface area contributed by atoms with E-state index >= 15 is 0 Å². The van der Waals surface area contributed by atoms with Crippen LogP contribution < -0.4 is 9.46 Å². The maximum Gasteiger partial charge on any atom is 0.201 e. The Kier molecular flexibility index (Phi) is 4.50. The van der Waals surface area contributed by atoms with Gasteiger partial charge in [0, 0.05) is 23.6 Å². The number of benzene rings is 2. The third kappa shape index (κ3) is 3.46. The van der Waals surface area contributed by atoms with E-state index in [-0.39, 0.29) is 6.54 Å². The molecule has 0 aliphatic carbocycles. The van der Waals surface area contributed by atoms with Crippen LogP contribution in [-0.2, 0) is 17.4 Å². The number of methoxy groups -OCH3 is 1. The molecule has 6 nitrogen and oxygen atoms in total. The quantitative estimate of drug-likeness (QED) is 0.699. The van der Waals surface area contributed by atoms with Crippen LogP contribution in [0.15, 0.2) is 48.8 Å². The van der Waals surface area contributed by atoms with Gasteiger partial charge in [0.2, 0.25) is 10.9 Å². The summed E-state index contributed by atoms with van der Waals surface area (Å²) >= 11 is 0. The van der Waals surface area contributed by atoms with Crippen LogP contribution in [0.5, 0.6) is 5.75 Å². The van der Waals surface area contributed by atoms with Crippen LogP contribution in [0.25, 0.3) is 22.2 Å². The topological polar surface area (TPSA) is 81.2 Å². The summed E-state index contributed by atoms with van der Waals surface area (Å²) in [5, 5.41) is 0.932. The number of hydrogen-bond acceptors (Lipinski definition) is 5. The summed E-state index contributed by atoms with van der Waals surface area (Å²) in [6, 6.07) is 13.3. The summed E-state index contributed by atoms with van der Waals surface area (Å²) in [4.78, 5) is 8.65. The van der Waals surface area contributed by atoms with Gasteiger partial charge in [-0.3, -0.25) is 0 Å². The monoisotopic (exact) mass is 329 g/mol. The lowest BCUT2D eigenvalue weighted by atomic mass is 10.0. The van der Waals surface area contributed by atoms with Gasteiger partial charge in [-0.25, -0.2) is 23.1 Å². The second-order valence-electron chi connectivity index (χ2n) is 4.89. The molecule has 0 saturated heterocycles. The Morgan fingerprint density at radius 3 is 2.57 bits per heavy atom. The van der Waals surface area contributed by atoms with Gasteiger partial charge < -0.3 is 4.74 Å². The lowest BCUT2D eigenvalue weighted by Gasteiger charge is -2.07. The van der Waals surface area contributed by atoms with Crippen molar-refractivity contribution in [3.63, 3.8) is 0 Å². The fourth-order valence-corrected chi connectivity index (χ4v) is 2.64. The van der Waals surface area contributed by atoms with E-state index in [2.05, 4.69) is 14.7 Å². The van der Waals surface area contributed by atoms with Crippen molar-refractivity contribution < 1.29 is 13.2 Å². The third-order valence-electron chi connectivity index (χ3n) is 3.48. The van der Waals surface area contributed by atoms with E-state index < -0.39 is 10.9 Å². The van der Waals surface area contributed by atoms with Crippen LogP contribution in [0.4, 0.5) is 0 Å². The highest BCUT2D eigenvalue weighted by atomic mass is 32.2. The van der Waals surface area contributed by atoms with Crippen molar-refractivity contribution in [3.05, 3.63) is 54.4 Å². The molecule has 1 aromatic heterocycles. The zero-order valence-corrected chi connectivity index (χ0v) is 13.3. The predicted octanol–water partition coefficient (Wildman–Crippen LogP) is 1.92. The van der Waals surface area contributed by atoms with Gasteiger partial charge in [-0.1, -0.05) is 24.3 Å². The fourth-order valence-electron chi connectivity index (χ4n) is 2.33. The van der Waals surface area contributed by atoms with Gasteiger partial charge >= 0.3 is 0 Å². The Morgan fingerprint density at radius 2 is 1.87 bits per heavy atom. The van der Waals surface area contributed by atoms with Crippen LogP contribution in [0.2, 0.25) is 0 Å². The van der Waals surface area contributed by atoms with E-state index in [1.54, 1.807) is 7.11 Å². The minimum atomic E-state index is -2.59. The second kappa shape index (κ2) is 6.72. The Morgan fingerprint density at radius 1 is 1.09 bits per heavy atom. The first-order chi connectivity index (χ1) is 11.2. The van der Waals surface area contributed by atoms with Gasteiger partial charge in [0.1, 0.15) is 12.1 Å². The Bertz CT molecular complexity index is 900. The number of thiol groups is 1. The summed E-state index contributed by atoms with van der Waals surface area (Å²) in [5.41, 5.74) is 3.46. The van der Waals surface area contributed by atoms with Crippen LogP contribution >= 0.6 is 0 Å². The fraction of sp³-hybridized carbons (Fsp3) is 0.125. The number of hydrogen-bond donors (Lipinski definition) is 2. The average Bonchev–Trinajstić information content (AvgIpc) is 2.59. The van der Waals surface area contributed by atoms with E-state index in [0.717, 1.165) is 33.5 Å². The molecule has 0 radical (unpaired) electrons. The lowest BCUT2D eigenvalue weighted by molar-refractivity contribution is 0.415. The molecule has 7 heteroatoms. The Hall–Kier alpha value is -2.51. The number of rotatable bonds is 5. The van der Waals surface area contributed by atoms with E-state index in [4.69, 9.17) is 4.74 Å². The Labute approximate surface area is 135 Å². The van der Waals surface area contributed by atoms with Crippen molar-refractivity contribution in [2.45, 2.75) is 6.54 Å². The third-order valence-corrected chi connectivity index (χ3v) is 3.90. The summed E-state index contributed by atoms with van der Waals surface area (Å²) in [6.07, 6.45) is 1.52. The molecule has 0 unspecified atom stereocenters. The normalized spacial score (nSPS) is 11.0. The van der Waals surface area contributed by atoms with Gasteiger partial charge in [-0.05, 0) is 17.7 Å². The molecular weight excluding hydrogens is 314 g/mol. The van der Waals surface area contributed by atoms with Crippen molar-refractivity contribution in [1.82, 2.24) is 14.7 Å². The van der Waals surface area contributed by atoms with Crippen molar-refractivity contribution in [1.29, 1.82) is 0 Å². The molecule has 1 heterocycles. The molecule has 0 fully saturated rings. The lowest BCUT2D eigenvalue weighted by Crippen LogP contribution is -2.09. The summed E-state index contributed by atoms with van der Waals surface area (Å²) in [6.45, 7) is 0.278. The molecule has 1 N–H and O–H groups in total. The van der Waals surface area contributed by atoms with E-state index in [9.17, 15) is 8.42 Å². The molecule has 0 saturated carbocycles. The zero-order chi connectivity index (χ0) is 16.2. The highest BCUT2D eigenvalue weighted by Crippen LogP contribution is 2.27. The van der Waals surface area contributed by atoms with Gasteiger partial charge in [0.15, 0.2) is 0 Å². The van der Waals surface area contributed by atoms with Crippen molar-refractivity contribution >= 4 is 21.8 Å². The summed E-state index contributed by atoms with van der Waals surface area (Å²) in [7, 11) is -0.970. The van der Waals surface area contributed by atoms with Gasteiger partial charge in [-0.15, -0.1) is 0 Å². The summed E-state index contributed by atoms with van der Waals surface area (Å²) < 4.78 is 28.7. The molecule has 0 amide bonds. The number of nitrogens with one attached hydrogen (secondary N) is 1.